The maximum Gasteiger partial charge on any atom is 0.265 e. The van der Waals surface area contributed by atoms with Crippen molar-refractivity contribution in [1.82, 2.24) is 9.88 Å². The normalized spacial score (nSPS) is 23.9. The monoisotopic (exact) mass is 267 g/mol. The van der Waals surface area contributed by atoms with Gasteiger partial charge in [0.2, 0.25) is 0 Å². The van der Waals surface area contributed by atoms with Crippen molar-refractivity contribution in [1.29, 1.82) is 0 Å². The Kier molecular flexibility index (Phi) is 4.35. The summed E-state index contributed by atoms with van der Waals surface area (Å²) >= 11 is 1.46. The van der Waals surface area contributed by atoms with Crippen LogP contribution in [0, 0.1) is 12.8 Å². The number of hydrogen-bond acceptors (Lipinski definition) is 4. The summed E-state index contributed by atoms with van der Waals surface area (Å²) in [6.45, 7) is 2.59. The van der Waals surface area contributed by atoms with E-state index in [1.165, 1.54) is 24.2 Å². The summed E-state index contributed by atoms with van der Waals surface area (Å²) in [5.74, 6) is 0.535. The maximum absolute atomic E-state index is 12.4. The standard InChI is InChI=1S/C13H21N3OS/c1-9-15-8-12(18-9)13(17)16(2)11-6-4-3-5-10(11)7-14/h8,10-11H,3-7,14H2,1-2H3. The minimum absolute atomic E-state index is 0.0888. The molecule has 0 radical (unpaired) electrons. The molecule has 1 heterocycles. The third kappa shape index (κ3) is 2.72. The van der Waals surface area contributed by atoms with Crippen molar-refractivity contribution in [3.05, 3.63) is 16.1 Å². The molecular formula is C13H21N3OS. The van der Waals surface area contributed by atoms with Crippen LogP contribution in [0.2, 0.25) is 0 Å². The average molecular weight is 267 g/mol. The first-order valence-corrected chi connectivity index (χ1v) is 7.34. The summed E-state index contributed by atoms with van der Waals surface area (Å²) in [5.41, 5.74) is 5.83. The molecule has 1 aromatic rings. The van der Waals surface area contributed by atoms with Gasteiger partial charge >= 0.3 is 0 Å². The number of thiazole rings is 1. The Morgan fingerprint density at radius 1 is 1.56 bits per heavy atom. The van der Waals surface area contributed by atoms with Gasteiger partial charge < -0.3 is 10.6 Å². The molecule has 1 saturated carbocycles. The molecule has 1 aromatic heterocycles. The van der Waals surface area contributed by atoms with E-state index in [0.29, 0.717) is 18.5 Å². The van der Waals surface area contributed by atoms with E-state index in [1.54, 1.807) is 6.20 Å². The lowest BCUT2D eigenvalue weighted by atomic mass is 9.83. The summed E-state index contributed by atoms with van der Waals surface area (Å²) in [7, 11) is 1.90. The highest BCUT2D eigenvalue weighted by molar-refractivity contribution is 7.13. The molecule has 0 aromatic carbocycles. The van der Waals surface area contributed by atoms with Gasteiger partial charge in [0.25, 0.3) is 5.91 Å². The summed E-state index contributed by atoms with van der Waals surface area (Å²) in [6.07, 6.45) is 6.32. The van der Waals surface area contributed by atoms with Crippen LogP contribution in [-0.2, 0) is 0 Å². The largest absolute Gasteiger partial charge is 0.338 e. The lowest BCUT2D eigenvalue weighted by Crippen LogP contribution is -2.45. The molecular weight excluding hydrogens is 246 g/mol. The Morgan fingerprint density at radius 2 is 2.28 bits per heavy atom. The van der Waals surface area contributed by atoms with Gasteiger partial charge in [-0.05, 0) is 32.2 Å². The first kappa shape index (κ1) is 13.5. The molecule has 0 aliphatic heterocycles. The van der Waals surface area contributed by atoms with Gasteiger partial charge in [0, 0.05) is 13.1 Å². The van der Waals surface area contributed by atoms with Crippen molar-refractivity contribution in [2.45, 2.75) is 38.6 Å². The molecule has 2 rings (SSSR count). The van der Waals surface area contributed by atoms with E-state index < -0.39 is 0 Å². The van der Waals surface area contributed by atoms with Gasteiger partial charge in [-0.25, -0.2) is 4.98 Å². The van der Waals surface area contributed by atoms with Gasteiger partial charge in [-0.3, -0.25) is 4.79 Å². The third-order valence-electron chi connectivity index (χ3n) is 3.82. The Labute approximate surface area is 112 Å². The van der Waals surface area contributed by atoms with Crippen LogP contribution in [0.5, 0.6) is 0 Å². The molecule has 1 fully saturated rings. The van der Waals surface area contributed by atoms with Crippen LogP contribution in [0.3, 0.4) is 0 Å². The van der Waals surface area contributed by atoms with Gasteiger partial charge in [-0.15, -0.1) is 11.3 Å². The van der Waals surface area contributed by atoms with Crippen LogP contribution in [0.15, 0.2) is 6.20 Å². The molecule has 0 spiro atoms. The highest BCUT2D eigenvalue weighted by Gasteiger charge is 2.30. The minimum Gasteiger partial charge on any atom is -0.338 e. The molecule has 2 unspecified atom stereocenters. The molecule has 2 atom stereocenters. The molecule has 4 nitrogen and oxygen atoms in total. The molecule has 1 aliphatic rings. The second-order valence-corrected chi connectivity index (χ2v) is 6.24. The molecule has 0 bridgehead atoms. The van der Waals surface area contributed by atoms with Gasteiger partial charge in [0.15, 0.2) is 0 Å². The number of rotatable bonds is 3. The van der Waals surface area contributed by atoms with E-state index in [9.17, 15) is 4.79 Å². The zero-order valence-electron chi connectivity index (χ0n) is 11.1. The topological polar surface area (TPSA) is 59.2 Å². The number of amides is 1. The van der Waals surface area contributed by atoms with Gasteiger partial charge in [-0.1, -0.05) is 12.8 Å². The van der Waals surface area contributed by atoms with E-state index in [2.05, 4.69) is 4.98 Å². The van der Waals surface area contributed by atoms with E-state index in [0.717, 1.165) is 22.7 Å². The van der Waals surface area contributed by atoms with Crippen LogP contribution >= 0.6 is 11.3 Å². The van der Waals surface area contributed by atoms with Crippen LogP contribution in [0.1, 0.15) is 40.4 Å². The minimum atomic E-state index is 0.0888. The second kappa shape index (κ2) is 5.80. The number of nitrogens with two attached hydrogens (primary N) is 1. The van der Waals surface area contributed by atoms with Crippen LogP contribution in [0.25, 0.3) is 0 Å². The summed E-state index contributed by atoms with van der Waals surface area (Å²) in [5, 5.41) is 0.936. The lowest BCUT2D eigenvalue weighted by Gasteiger charge is -2.37. The van der Waals surface area contributed by atoms with Crippen LogP contribution in [0.4, 0.5) is 0 Å². The average Bonchev–Trinajstić information content (AvgIpc) is 2.83. The van der Waals surface area contributed by atoms with E-state index in [4.69, 9.17) is 5.73 Å². The molecule has 0 saturated heterocycles. The first-order chi connectivity index (χ1) is 8.63. The highest BCUT2D eigenvalue weighted by atomic mass is 32.1. The molecule has 1 amide bonds. The second-order valence-electron chi connectivity index (χ2n) is 5.01. The zero-order valence-corrected chi connectivity index (χ0v) is 11.9. The number of carbonyl (C=O) groups excluding carboxylic acids is 1. The molecule has 5 heteroatoms. The van der Waals surface area contributed by atoms with Gasteiger partial charge in [0.1, 0.15) is 4.88 Å². The number of hydrogen-bond donors (Lipinski definition) is 1. The fourth-order valence-corrected chi connectivity index (χ4v) is 3.52. The number of carbonyl (C=O) groups is 1. The molecule has 1 aliphatic carbocycles. The predicted molar refractivity (Wildman–Crippen MR) is 73.7 cm³/mol. The van der Waals surface area contributed by atoms with Crippen molar-refractivity contribution >= 4 is 17.2 Å². The number of nitrogens with zero attached hydrogens (tertiary/aromatic N) is 2. The van der Waals surface area contributed by atoms with Gasteiger partial charge in [-0.2, -0.15) is 0 Å². The summed E-state index contributed by atoms with van der Waals surface area (Å²) in [6, 6.07) is 0.290. The van der Waals surface area contributed by atoms with Crippen LogP contribution < -0.4 is 5.73 Å². The summed E-state index contributed by atoms with van der Waals surface area (Å²) in [4.78, 5) is 19.1. The van der Waals surface area contributed by atoms with Crippen molar-refractivity contribution in [3.8, 4) is 0 Å². The van der Waals surface area contributed by atoms with Crippen LogP contribution in [-0.4, -0.2) is 35.4 Å². The number of aromatic nitrogens is 1. The van der Waals surface area contributed by atoms with Crippen molar-refractivity contribution in [2.75, 3.05) is 13.6 Å². The Bertz CT molecular complexity index is 418. The molecule has 2 N–H and O–H groups in total. The first-order valence-electron chi connectivity index (χ1n) is 6.53. The quantitative estimate of drug-likeness (QED) is 0.911. The van der Waals surface area contributed by atoms with Crippen molar-refractivity contribution in [3.63, 3.8) is 0 Å². The molecule has 18 heavy (non-hydrogen) atoms. The van der Waals surface area contributed by atoms with Gasteiger partial charge in [0.05, 0.1) is 11.2 Å². The fourth-order valence-electron chi connectivity index (χ4n) is 2.76. The summed E-state index contributed by atoms with van der Waals surface area (Å²) < 4.78 is 0. The smallest absolute Gasteiger partial charge is 0.265 e. The predicted octanol–water partition coefficient (Wildman–Crippen LogP) is 2.04. The molecule has 100 valence electrons. The van der Waals surface area contributed by atoms with E-state index in [1.807, 2.05) is 18.9 Å². The highest BCUT2D eigenvalue weighted by Crippen LogP contribution is 2.28. The lowest BCUT2D eigenvalue weighted by molar-refractivity contribution is 0.0625. The third-order valence-corrected chi connectivity index (χ3v) is 4.72. The van der Waals surface area contributed by atoms with E-state index in [-0.39, 0.29) is 5.91 Å². The SMILES string of the molecule is Cc1ncc(C(=O)N(C)C2CCCCC2CN)s1. The van der Waals surface area contributed by atoms with Crippen molar-refractivity contribution in [2.24, 2.45) is 11.7 Å². The number of aryl methyl sites for hydroxylation is 1. The van der Waals surface area contributed by atoms with E-state index >= 15 is 0 Å². The fraction of sp³-hybridized carbons (Fsp3) is 0.692. The maximum atomic E-state index is 12.4. The Hall–Kier alpha value is -0.940. The Morgan fingerprint density at radius 3 is 2.89 bits per heavy atom. The Balaban J connectivity index is 2.09. The zero-order chi connectivity index (χ0) is 13.1. The van der Waals surface area contributed by atoms with Crippen molar-refractivity contribution < 1.29 is 4.79 Å².